The summed E-state index contributed by atoms with van der Waals surface area (Å²) in [6, 6.07) is 0. The second-order valence-corrected chi connectivity index (χ2v) is 4.72. The molecule has 0 bridgehead atoms. The van der Waals surface area contributed by atoms with Crippen LogP contribution in [0.3, 0.4) is 0 Å². The van der Waals surface area contributed by atoms with Gasteiger partial charge in [-0.2, -0.15) is 0 Å². The minimum atomic E-state index is -1.21. The van der Waals surface area contributed by atoms with Gasteiger partial charge in [0.25, 0.3) is 5.84 Å². The number of hydrogen-bond acceptors (Lipinski definition) is 6. The van der Waals surface area contributed by atoms with Crippen molar-refractivity contribution in [1.82, 2.24) is 9.62 Å². The Bertz CT molecular complexity index is 462. The normalized spacial score (nSPS) is 22.3. The number of carboxylic acid groups (broad SMARTS) is 1. The molecule has 2 aliphatic rings. The van der Waals surface area contributed by atoms with Crippen molar-refractivity contribution < 1.29 is 19.5 Å². The predicted molar refractivity (Wildman–Crippen MR) is 69.2 cm³/mol. The Morgan fingerprint density at radius 3 is 3.21 bits per heavy atom. The lowest BCUT2D eigenvalue weighted by Crippen LogP contribution is -2.31. The van der Waals surface area contributed by atoms with E-state index in [2.05, 4.69) is 15.5 Å². The monoisotopic (exact) mass is 284 g/mol. The number of nitrogens with one attached hydrogen (secondary N) is 1. The third-order valence-corrected chi connectivity index (χ3v) is 3.32. The van der Waals surface area contributed by atoms with Gasteiger partial charge in [0.2, 0.25) is 6.41 Å². The van der Waals surface area contributed by atoms with Crippen LogP contribution in [0.25, 0.3) is 0 Å². The zero-order chi connectivity index (χ0) is 13.7. The van der Waals surface area contributed by atoms with Gasteiger partial charge in [0.15, 0.2) is 5.17 Å². The Kier molecular flexibility index (Phi) is 4.39. The van der Waals surface area contributed by atoms with Crippen LogP contribution < -0.4 is 5.32 Å². The molecule has 0 aromatic rings. The lowest BCUT2D eigenvalue weighted by Gasteiger charge is -2.14. The third kappa shape index (κ3) is 3.47. The molecular formula is C10H12N4O4S. The zero-order valence-electron chi connectivity index (χ0n) is 9.85. The molecule has 0 saturated heterocycles. The number of oxime groups is 1. The summed E-state index contributed by atoms with van der Waals surface area (Å²) in [5.41, 5.74) is 0. The van der Waals surface area contributed by atoms with Crippen molar-refractivity contribution in [3.8, 4) is 0 Å². The Balaban J connectivity index is 1.97. The second-order valence-electron chi connectivity index (χ2n) is 3.71. The van der Waals surface area contributed by atoms with Crippen LogP contribution in [-0.4, -0.2) is 45.6 Å². The molecule has 1 aliphatic heterocycles. The molecule has 0 aromatic heterocycles. The predicted octanol–water partition coefficient (Wildman–Crippen LogP) is 0.143. The van der Waals surface area contributed by atoms with E-state index in [1.54, 1.807) is 0 Å². The smallest absolute Gasteiger partial charge is 0.376 e. The molecular weight excluding hydrogens is 272 g/mol. The number of aliphatic imine (C=N–C) groups is 1. The van der Waals surface area contributed by atoms with Gasteiger partial charge in [0, 0.05) is 11.9 Å². The first-order valence-electron chi connectivity index (χ1n) is 5.54. The summed E-state index contributed by atoms with van der Waals surface area (Å²) >= 11 is 0.985. The summed E-state index contributed by atoms with van der Waals surface area (Å²) in [6.45, 7) is 0.0931. The first-order valence-corrected chi connectivity index (χ1v) is 6.32. The van der Waals surface area contributed by atoms with Gasteiger partial charge in [-0.25, -0.2) is 9.79 Å². The van der Waals surface area contributed by atoms with Crippen molar-refractivity contribution >= 4 is 35.3 Å². The lowest BCUT2D eigenvalue weighted by atomic mass is 10.3. The highest BCUT2D eigenvalue weighted by Gasteiger charge is 2.27. The van der Waals surface area contributed by atoms with Crippen LogP contribution >= 0.6 is 11.9 Å². The average Bonchev–Trinajstić information content (AvgIpc) is 3.01. The summed E-state index contributed by atoms with van der Waals surface area (Å²) in [4.78, 5) is 30.5. The van der Waals surface area contributed by atoms with Crippen molar-refractivity contribution in [3.63, 3.8) is 0 Å². The van der Waals surface area contributed by atoms with Gasteiger partial charge in [0.1, 0.15) is 12.8 Å². The summed E-state index contributed by atoms with van der Waals surface area (Å²) in [6.07, 6.45) is 5.79. The van der Waals surface area contributed by atoms with Crippen molar-refractivity contribution in [3.05, 3.63) is 12.2 Å². The van der Waals surface area contributed by atoms with Crippen molar-refractivity contribution in [2.24, 2.45) is 10.1 Å². The van der Waals surface area contributed by atoms with Gasteiger partial charge >= 0.3 is 5.97 Å². The van der Waals surface area contributed by atoms with Crippen LogP contribution in [0.15, 0.2) is 22.3 Å². The summed E-state index contributed by atoms with van der Waals surface area (Å²) in [5, 5.41) is 15.4. The molecule has 102 valence electrons. The van der Waals surface area contributed by atoms with Gasteiger partial charge in [-0.1, -0.05) is 11.2 Å². The topological polar surface area (TPSA) is 104 Å². The number of rotatable bonds is 3. The maximum Gasteiger partial charge on any atom is 0.376 e. The number of aliphatic carboxylic acids is 1. The van der Waals surface area contributed by atoms with E-state index in [0.29, 0.717) is 11.6 Å². The standard InChI is InChI=1S/C10H12N4O4S/c15-6-12-10-11-5-14(19-10)8(9(16)17)13-18-7-3-1-2-4-7/h1,3,6-7H,2,4-5H2,(H,16,17)(H,11,12,15). The van der Waals surface area contributed by atoms with Crippen molar-refractivity contribution in [2.45, 2.75) is 18.9 Å². The fraction of sp³-hybridized carbons (Fsp3) is 0.400. The molecule has 9 heteroatoms. The fourth-order valence-corrected chi connectivity index (χ4v) is 2.26. The molecule has 0 fully saturated rings. The number of carbonyl (C=O) groups is 2. The Morgan fingerprint density at radius 2 is 2.58 bits per heavy atom. The quantitative estimate of drug-likeness (QED) is 0.191. The number of amides is 1. The van der Waals surface area contributed by atoms with E-state index < -0.39 is 5.97 Å². The number of carbonyl (C=O) groups excluding carboxylic acids is 1. The van der Waals surface area contributed by atoms with E-state index in [1.807, 2.05) is 12.2 Å². The lowest BCUT2D eigenvalue weighted by molar-refractivity contribution is -0.130. The van der Waals surface area contributed by atoms with E-state index in [4.69, 9.17) is 9.94 Å². The first kappa shape index (κ1) is 13.4. The molecule has 8 nitrogen and oxygen atoms in total. The fourth-order valence-electron chi connectivity index (χ4n) is 1.52. The molecule has 0 spiro atoms. The van der Waals surface area contributed by atoms with Crippen LogP contribution in [0.1, 0.15) is 12.8 Å². The van der Waals surface area contributed by atoms with Crippen molar-refractivity contribution in [1.29, 1.82) is 0 Å². The Labute approximate surface area is 113 Å². The molecule has 19 heavy (non-hydrogen) atoms. The minimum Gasteiger partial charge on any atom is -0.475 e. The molecule has 0 radical (unpaired) electrons. The van der Waals surface area contributed by atoms with Crippen LogP contribution in [0.5, 0.6) is 0 Å². The number of nitrogens with zero attached hydrogens (tertiary/aromatic N) is 3. The van der Waals surface area contributed by atoms with E-state index in [1.165, 1.54) is 4.31 Å². The summed E-state index contributed by atoms with van der Waals surface area (Å²) in [7, 11) is 0. The SMILES string of the molecule is O=CNC1=NCN(C(=NOC2C=CCC2)C(=O)O)S1. The highest BCUT2D eigenvalue weighted by molar-refractivity contribution is 8.12. The molecule has 0 saturated carbocycles. The highest BCUT2D eigenvalue weighted by Crippen LogP contribution is 2.20. The Morgan fingerprint density at radius 1 is 1.74 bits per heavy atom. The van der Waals surface area contributed by atoms with Crippen LogP contribution in [0.4, 0.5) is 0 Å². The molecule has 1 atom stereocenters. The van der Waals surface area contributed by atoms with Crippen LogP contribution in [0, 0.1) is 0 Å². The second kappa shape index (κ2) is 6.23. The first-order chi connectivity index (χ1) is 9.20. The largest absolute Gasteiger partial charge is 0.475 e. The van der Waals surface area contributed by atoms with E-state index in [0.717, 1.165) is 24.8 Å². The molecule has 2 rings (SSSR count). The van der Waals surface area contributed by atoms with Gasteiger partial charge in [-0.3, -0.25) is 9.10 Å². The van der Waals surface area contributed by atoms with E-state index in [-0.39, 0.29) is 18.6 Å². The van der Waals surface area contributed by atoms with E-state index >= 15 is 0 Å². The number of hydrogen-bond donors (Lipinski definition) is 2. The average molecular weight is 284 g/mol. The third-order valence-electron chi connectivity index (χ3n) is 2.39. The Hall–Kier alpha value is -2.03. The summed E-state index contributed by atoms with van der Waals surface area (Å²) in [5.74, 6) is -1.46. The molecule has 0 aromatic carbocycles. The number of carboxylic acids is 1. The number of amidine groups is 2. The van der Waals surface area contributed by atoms with Crippen molar-refractivity contribution in [2.75, 3.05) is 6.67 Å². The summed E-state index contributed by atoms with van der Waals surface area (Å²) < 4.78 is 1.33. The molecule has 1 aliphatic carbocycles. The van der Waals surface area contributed by atoms with Crippen LogP contribution in [0.2, 0.25) is 0 Å². The number of allylic oxidation sites excluding steroid dienone is 1. The highest BCUT2D eigenvalue weighted by atomic mass is 32.2. The molecule has 1 amide bonds. The van der Waals surface area contributed by atoms with Gasteiger partial charge in [-0.15, -0.1) is 0 Å². The van der Waals surface area contributed by atoms with Gasteiger partial charge < -0.3 is 15.3 Å². The minimum absolute atomic E-state index is 0.0931. The maximum atomic E-state index is 11.1. The zero-order valence-corrected chi connectivity index (χ0v) is 10.7. The van der Waals surface area contributed by atoms with E-state index in [9.17, 15) is 9.59 Å². The molecule has 1 unspecified atom stereocenters. The maximum absolute atomic E-state index is 11.1. The molecule has 2 N–H and O–H groups in total. The van der Waals surface area contributed by atoms with Crippen LogP contribution in [-0.2, 0) is 14.4 Å². The van der Waals surface area contributed by atoms with Gasteiger partial charge in [0.05, 0.1) is 0 Å². The van der Waals surface area contributed by atoms with Gasteiger partial charge in [-0.05, 0) is 18.9 Å². The molecule has 1 heterocycles.